The molecule has 0 N–H and O–H groups in total. The lowest BCUT2D eigenvalue weighted by Crippen LogP contribution is -2.24. The van der Waals surface area contributed by atoms with Crippen molar-refractivity contribution in [3.8, 4) is 5.75 Å². The number of hydrogen-bond donors (Lipinski definition) is 0. The zero-order valence-electron chi connectivity index (χ0n) is 10.3. The molecule has 2 aromatic rings. The van der Waals surface area contributed by atoms with Crippen molar-refractivity contribution in [3.05, 3.63) is 64.4 Å². The van der Waals surface area contributed by atoms with Gasteiger partial charge in [-0.1, -0.05) is 30.3 Å². The second-order valence-corrected chi connectivity index (χ2v) is 4.92. The Morgan fingerprint density at radius 3 is 2.53 bits per heavy atom. The largest absolute Gasteiger partial charge is 0.481 e. The van der Waals surface area contributed by atoms with Crippen LogP contribution in [0.1, 0.15) is 17.3 Å². The van der Waals surface area contributed by atoms with Crippen LogP contribution >= 0.6 is 15.9 Å². The van der Waals surface area contributed by atoms with E-state index in [1.54, 1.807) is 31.2 Å². The molecule has 0 saturated heterocycles. The molecule has 0 aliphatic rings. The first-order valence-corrected chi connectivity index (χ1v) is 6.58. The molecule has 0 saturated carbocycles. The summed E-state index contributed by atoms with van der Waals surface area (Å²) >= 11 is 3.20. The van der Waals surface area contributed by atoms with Gasteiger partial charge in [0.05, 0.1) is 4.47 Å². The number of benzene rings is 2. The summed E-state index contributed by atoms with van der Waals surface area (Å²) in [6.07, 6.45) is -0.635. The van der Waals surface area contributed by atoms with E-state index in [-0.39, 0.29) is 11.6 Å². The Kier molecular flexibility index (Phi) is 4.32. The van der Waals surface area contributed by atoms with Gasteiger partial charge in [0.2, 0.25) is 5.78 Å². The summed E-state index contributed by atoms with van der Waals surface area (Å²) in [5, 5.41) is 0. The zero-order valence-corrected chi connectivity index (χ0v) is 11.9. The number of rotatable bonds is 4. The summed E-state index contributed by atoms with van der Waals surface area (Å²) in [6, 6.07) is 13.0. The van der Waals surface area contributed by atoms with Gasteiger partial charge >= 0.3 is 0 Å². The van der Waals surface area contributed by atoms with Crippen LogP contribution in [-0.4, -0.2) is 11.9 Å². The number of carbonyl (C=O) groups excluding carboxylic acids is 1. The average Bonchev–Trinajstić information content (AvgIpc) is 2.42. The fourth-order valence-corrected chi connectivity index (χ4v) is 2.10. The summed E-state index contributed by atoms with van der Waals surface area (Å²) in [6.45, 7) is 1.67. The highest BCUT2D eigenvalue weighted by Crippen LogP contribution is 2.26. The number of carbonyl (C=O) groups is 1. The third-order valence-electron chi connectivity index (χ3n) is 2.63. The van der Waals surface area contributed by atoms with Crippen molar-refractivity contribution < 1.29 is 13.9 Å². The Balaban J connectivity index is 2.13. The SMILES string of the molecule is C[C@@H](Oc1ccc(F)cc1Br)C(=O)c1ccccc1. The van der Waals surface area contributed by atoms with Gasteiger partial charge in [-0.3, -0.25) is 4.79 Å². The minimum atomic E-state index is -0.635. The molecule has 0 amide bonds. The molecule has 0 bridgehead atoms. The van der Waals surface area contributed by atoms with Crippen molar-refractivity contribution in [2.75, 3.05) is 0 Å². The smallest absolute Gasteiger partial charge is 0.202 e. The van der Waals surface area contributed by atoms with E-state index in [0.29, 0.717) is 15.8 Å². The molecular weight excluding hydrogens is 311 g/mol. The topological polar surface area (TPSA) is 26.3 Å². The maximum atomic E-state index is 13.0. The maximum Gasteiger partial charge on any atom is 0.202 e. The standard InChI is InChI=1S/C15H12BrFO2/c1-10(15(18)11-5-3-2-4-6-11)19-14-8-7-12(17)9-13(14)16/h2-10H,1H3/t10-/m1/s1. The Labute approximate surface area is 119 Å². The predicted molar refractivity (Wildman–Crippen MR) is 75.0 cm³/mol. The van der Waals surface area contributed by atoms with Crippen LogP contribution in [0, 0.1) is 5.82 Å². The van der Waals surface area contributed by atoms with Crippen LogP contribution in [0.25, 0.3) is 0 Å². The van der Waals surface area contributed by atoms with E-state index < -0.39 is 6.10 Å². The van der Waals surface area contributed by atoms with Gasteiger partial charge in [0, 0.05) is 5.56 Å². The van der Waals surface area contributed by atoms with Crippen molar-refractivity contribution >= 4 is 21.7 Å². The number of halogens is 2. The van der Waals surface area contributed by atoms with Crippen molar-refractivity contribution in [2.45, 2.75) is 13.0 Å². The third kappa shape index (κ3) is 3.41. The van der Waals surface area contributed by atoms with Crippen molar-refractivity contribution in [2.24, 2.45) is 0 Å². The first-order chi connectivity index (χ1) is 9.08. The van der Waals surface area contributed by atoms with E-state index in [1.807, 2.05) is 6.07 Å². The van der Waals surface area contributed by atoms with Crippen molar-refractivity contribution in [1.82, 2.24) is 0 Å². The van der Waals surface area contributed by atoms with Crippen LogP contribution in [0.15, 0.2) is 53.0 Å². The molecule has 98 valence electrons. The Morgan fingerprint density at radius 1 is 1.21 bits per heavy atom. The third-order valence-corrected chi connectivity index (χ3v) is 3.24. The molecule has 2 aromatic carbocycles. The first kappa shape index (κ1) is 13.7. The first-order valence-electron chi connectivity index (χ1n) is 5.79. The van der Waals surface area contributed by atoms with Crippen LogP contribution in [0.5, 0.6) is 5.75 Å². The van der Waals surface area contributed by atoms with Gasteiger partial charge in [0.25, 0.3) is 0 Å². The molecule has 1 atom stereocenters. The van der Waals surface area contributed by atoms with E-state index in [4.69, 9.17) is 4.74 Å². The molecule has 0 heterocycles. The minimum absolute atomic E-state index is 0.114. The predicted octanol–water partition coefficient (Wildman–Crippen LogP) is 4.24. The second-order valence-electron chi connectivity index (χ2n) is 4.07. The van der Waals surface area contributed by atoms with Gasteiger partial charge in [-0.05, 0) is 41.1 Å². The lowest BCUT2D eigenvalue weighted by Gasteiger charge is -2.14. The molecule has 0 unspecified atom stereocenters. The van der Waals surface area contributed by atoms with E-state index in [2.05, 4.69) is 15.9 Å². The van der Waals surface area contributed by atoms with Gasteiger partial charge < -0.3 is 4.74 Å². The van der Waals surface area contributed by atoms with E-state index in [1.165, 1.54) is 18.2 Å². The van der Waals surface area contributed by atoms with Crippen molar-refractivity contribution in [1.29, 1.82) is 0 Å². The molecule has 0 aliphatic carbocycles. The van der Waals surface area contributed by atoms with Crippen LogP contribution in [0.2, 0.25) is 0 Å². The molecule has 2 rings (SSSR count). The second kappa shape index (κ2) is 5.97. The monoisotopic (exact) mass is 322 g/mol. The molecule has 2 nitrogen and oxygen atoms in total. The van der Waals surface area contributed by atoms with Gasteiger partial charge in [-0.15, -0.1) is 0 Å². The summed E-state index contributed by atoms with van der Waals surface area (Å²) in [7, 11) is 0. The van der Waals surface area contributed by atoms with E-state index >= 15 is 0 Å². The molecule has 4 heteroatoms. The maximum absolute atomic E-state index is 13.0. The summed E-state index contributed by atoms with van der Waals surface area (Å²) in [5.74, 6) is -0.0312. The lowest BCUT2D eigenvalue weighted by molar-refractivity contribution is 0.0817. The van der Waals surface area contributed by atoms with Crippen molar-refractivity contribution in [3.63, 3.8) is 0 Å². The minimum Gasteiger partial charge on any atom is -0.481 e. The number of Topliss-reactive ketones (excluding diaryl/α,β-unsaturated/α-hetero) is 1. The van der Waals surface area contributed by atoms with Crippen LogP contribution < -0.4 is 4.74 Å². The number of ketones is 1. The molecule has 0 radical (unpaired) electrons. The van der Waals surface area contributed by atoms with E-state index in [0.717, 1.165) is 0 Å². The molecule has 0 fully saturated rings. The summed E-state index contributed by atoms with van der Waals surface area (Å²) < 4.78 is 19.0. The van der Waals surface area contributed by atoms with Gasteiger partial charge in [0.15, 0.2) is 6.10 Å². The van der Waals surface area contributed by atoms with Crippen LogP contribution in [0.4, 0.5) is 4.39 Å². The highest BCUT2D eigenvalue weighted by atomic mass is 79.9. The number of ether oxygens (including phenoxy) is 1. The molecular formula is C15H12BrFO2. The average molecular weight is 323 g/mol. The highest BCUT2D eigenvalue weighted by molar-refractivity contribution is 9.10. The fourth-order valence-electron chi connectivity index (χ4n) is 1.65. The Morgan fingerprint density at radius 2 is 1.89 bits per heavy atom. The fraction of sp³-hybridized carbons (Fsp3) is 0.133. The lowest BCUT2D eigenvalue weighted by atomic mass is 10.1. The van der Waals surface area contributed by atoms with Gasteiger partial charge in [-0.25, -0.2) is 4.39 Å². The molecule has 0 aromatic heterocycles. The molecule has 19 heavy (non-hydrogen) atoms. The Hall–Kier alpha value is -1.68. The summed E-state index contributed by atoms with van der Waals surface area (Å²) in [4.78, 5) is 12.1. The Bertz CT molecular complexity index is 584. The van der Waals surface area contributed by atoms with Gasteiger partial charge in [0.1, 0.15) is 11.6 Å². The van der Waals surface area contributed by atoms with Gasteiger partial charge in [-0.2, -0.15) is 0 Å². The quantitative estimate of drug-likeness (QED) is 0.787. The summed E-state index contributed by atoms with van der Waals surface area (Å²) in [5.41, 5.74) is 0.591. The number of hydrogen-bond acceptors (Lipinski definition) is 2. The molecule has 0 spiro atoms. The van der Waals surface area contributed by atoms with Crippen LogP contribution in [-0.2, 0) is 0 Å². The van der Waals surface area contributed by atoms with E-state index in [9.17, 15) is 9.18 Å². The normalized spacial score (nSPS) is 11.9. The zero-order chi connectivity index (χ0) is 13.8. The molecule has 0 aliphatic heterocycles. The highest BCUT2D eigenvalue weighted by Gasteiger charge is 2.17. The van der Waals surface area contributed by atoms with Crippen LogP contribution in [0.3, 0.4) is 0 Å².